The largest absolute Gasteiger partial charge is 0.351 e. The minimum Gasteiger partial charge on any atom is -0.351 e. The first-order valence-electron chi connectivity index (χ1n) is 7.83. The predicted molar refractivity (Wildman–Crippen MR) is 99.3 cm³/mol. The molecular weight excluding hydrogens is 340 g/mol. The first-order chi connectivity index (χ1) is 11.9. The number of likely N-dealkylation sites (N-methyl/N-ethyl adjacent to an activating group) is 1. The van der Waals surface area contributed by atoms with Crippen LogP contribution < -0.4 is 10.6 Å². The Kier molecular flexibility index (Phi) is 6.50. The van der Waals surface area contributed by atoms with E-state index in [1.54, 1.807) is 18.2 Å². The number of halogens is 1. The van der Waals surface area contributed by atoms with Crippen LogP contribution in [0.3, 0.4) is 0 Å². The number of carbonyl (C=O) groups is 2. The molecule has 0 saturated carbocycles. The summed E-state index contributed by atoms with van der Waals surface area (Å²) in [6.45, 7) is 3.14. The van der Waals surface area contributed by atoms with Crippen molar-refractivity contribution in [3.05, 3.63) is 58.4 Å². The molecule has 7 heteroatoms. The van der Waals surface area contributed by atoms with Crippen molar-refractivity contribution in [1.29, 1.82) is 0 Å². The summed E-state index contributed by atoms with van der Waals surface area (Å²) in [4.78, 5) is 30.5. The molecule has 0 radical (unpaired) electrons. The summed E-state index contributed by atoms with van der Waals surface area (Å²) in [6, 6.07) is 8.30. The molecule has 0 spiro atoms. The van der Waals surface area contributed by atoms with Gasteiger partial charge >= 0.3 is 0 Å². The topological polar surface area (TPSA) is 74.3 Å². The fourth-order valence-corrected chi connectivity index (χ4v) is 2.24. The second kappa shape index (κ2) is 8.60. The van der Waals surface area contributed by atoms with Crippen molar-refractivity contribution >= 4 is 29.1 Å². The van der Waals surface area contributed by atoms with Gasteiger partial charge in [-0.25, -0.2) is 0 Å². The minimum atomic E-state index is -0.400. The lowest BCUT2D eigenvalue weighted by Gasteiger charge is -2.11. The van der Waals surface area contributed by atoms with Crippen LogP contribution in [0.25, 0.3) is 0 Å². The van der Waals surface area contributed by atoms with Crippen molar-refractivity contribution in [2.75, 3.05) is 32.5 Å². The quantitative estimate of drug-likeness (QED) is 0.830. The normalized spacial score (nSPS) is 10.6. The van der Waals surface area contributed by atoms with Gasteiger partial charge in [0.15, 0.2) is 0 Å². The lowest BCUT2D eigenvalue weighted by Crippen LogP contribution is -2.31. The molecule has 2 amide bonds. The van der Waals surface area contributed by atoms with E-state index in [0.29, 0.717) is 22.8 Å². The number of aryl methyl sites for hydroxylation is 1. The third-order valence-electron chi connectivity index (χ3n) is 3.53. The molecule has 2 N–H and O–H groups in total. The second-order valence-corrected chi connectivity index (χ2v) is 6.31. The number of nitrogens with zero attached hydrogens (tertiary/aromatic N) is 2. The highest BCUT2D eigenvalue weighted by atomic mass is 35.5. The van der Waals surface area contributed by atoms with Gasteiger partial charge < -0.3 is 15.5 Å². The van der Waals surface area contributed by atoms with E-state index in [4.69, 9.17) is 11.6 Å². The summed E-state index contributed by atoms with van der Waals surface area (Å²) < 4.78 is 0. The van der Waals surface area contributed by atoms with Crippen molar-refractivity contribution < 1.29 is 9.59 Å². The molecule has 0 aliphatic heterocycles. The number of hydrogen-bond donors (Lipinski definition) is 2. The molecule has 0 atom stereocenters. The molecule has 1 heterocycles. The van der Waals surface area contributed by atoms with Gasteiger partial charge in [-0.3, -0.25) is 14.6 Å². The zero-order valence-electron chi connectivity index (χ0n) is 14.5. The summed E-state index contributed by atoms with van der Waals surface area (Å²) in [5.74, 6) is -0.639. The van der Waals surface area contributed by atoms with Crippen LogP contribution in [0.5, 0.6) is 0 Å². The summed E-state index contributed by atoms with van der Waals surface area (Å²) in [5, 5.41) is 6.10. The van der Waals surface area contributed by atoms with E-state index in [2.05, 4.69) is 15.6 Å². The fraction of sp³-hybridized carbons (Fsp3) is 0.278. The van der Waals surface area contributed by atoms with E-state index in [-0.39, 0.29) is 11.6 Å². The number of pyridine rings is 1. The molecule has 0 saturated heterocycles. The Hall–Kier alpha value is -2.44. The van der Waals surface area contributed by atoms with E-state index < -0.39 is 5.91 Å². The lowest BCUT2D eigenvalue weighted by molar-refractivity contribution is 0.0951. The zero-order chi connectivity index (χ0) is 18.4. The van der Waals surface area contributed by atoms with Crippen LogP contribution in [0.4, 0.5) is 5.69 Å². The lowest BCUT2D eigenvalue weighted by atomic mass is 10.2. The molecule has 25 heavy (non-hydrogen) atoms. The van der Waals surface area contributed by atoms with Crippen molar-refractivity contribution in [1.82, 2.24) is 15.2 Å². The number of rotatable bonds is 6. The first kappa shape index (κ1) is 18.9. The molecule has 1 aromatic carbocycles. The summed E-state index contributed by atoms with van der Waals surface area (Å²) in [5.41, 5.74) is 2.05. The SMILES string of the molecule is Cc1ccc(NC(=O)c2cc(C(=O)NCCN(C)C)ccn2)cc1Cl. The number of hydrogen-bond acceptors (Lipinski definition) is 4. The zero-order valence-corrected chi connectivity index (χ0v) is 15.2. The maximum absolute atomic E-state index is 12.3. The molecular formula is C18H21ClN4O2. The average molecular weight is 361 g/mol. The molecule has 0 aliphatic rings. The van der Waals surface area contributed by atoms with Gasteiger partial charge in [0.05, 0.1) is 0 Å². The van der Waals surface area contributed by atoms with Crippen LogP contribution in [0.2, 0.25) is 5.02 Å². The maximum Gasteiger partial charge on any atom is 0.274 e. The Bertz CT molecular complexity index is 777. The third-order valence-corrected chi connectivity index (χ3v) is 3.94. The van der Waals surface area contributed by atoms with E-state index >= 15 is 0 Å². The van der Waals surface area contributed by atoms with Crippen molar-refractivity contribution in [3.8, 4) is 0 Å². The van der Waals surface area contributed by atoms with Gasteiger partial charge in [0.2, 0.25) is 0 Å². The standard InChI is InChI=1S/C18H21ClN4O2/c1-12-4-5-14(11-15(12)19)22-18(25)16-10-13(6-7-20-16)17(24)21-8-9-23(2)3/h4-7,10-11H,8-9H2,1-3H3,(H,21,24)(H,22,25). The Balaban J connectivity index is 2.05. The number of aromatic nitrogens is 1. The van der Waals surface area contributed by atoms with Crippen LogP contribution in [0.15, 0.2) is 36.5 Å². The summed E-state index contributed by atoms with van der Waals surface area (Å²) >= 11 is 6.06. The van der Waals surface area contributed by atoms with E-state index in [1.807, 2.05) is 32.0 Å². The molecule has 2 rings (SSSR count). The number of nitrogens with one attached hydrogen (secondary N) is 2. The Morgan fingerprint density at radius 1 is 1.16 bits per heavy atom. The molecule has 132 valence electrons. The molecule has 0 aliphatic carbocycles. The van der Waals surface area contributed by atoms with Gasteiger partial charge in [-0.05, 0) is 50.8 Å². The predicted octanol–water partition coefficient (Wildman–Crippen LogP) is 2.59. The molecule has 0 bridgehead atoms. The Morgan fingerprint density at radius 3 is 2.60 bits per heavy atom. The minimum absolute atomic E-state index is 0.164. The average Bonchev–Trinajstić information content (AvgIpc) is 2.58. The van der Waals surface area contributed by atoms with E-state index in [9.17, 15) is 9.59 Å². The van der Waals surface area contributed by atoms with Crippen LogP contribution in [0, 0.1) is 6.92 Å². The molecule has 0 unspecified atom stereocenters. The van der Waals surface area contributed by atoms with Crippen molar-refractivity contribution in [2.24, 2.45) is 0 Å². The van der Waals surface area contributed by atoms with Crippen molar-refractivity contribution in [3.63, 3.8) is 0 Å². The highest BCUT2D eigenvalue weighted by Crippen LogP contribution is 2.20. The highest BCUT2D eigenvalue weighted by molar-refractivity contribution is 6.31. The summed E-state index contributed by atoms with van der Waals surface area (Å²) in [7, 11) is 3.86. The van der Waals surface area contributed by atoms with Gasteiger partial charge in [-0.1, -0.05) is 17.7 Å². The molecule has 1 aromatic heterocycles. The van der Waals surface area contributed by atoms with Gasteiger partial charge in [-0.2, -0.15) is 0 Å². The smallest absolute Gasteiger partial charge is 0.274 e. The van der Waals surface area contributed by atoms with Crippen LogP contribution in [-0.2, 0) is 0 Å². The molecule has 2 aromatic rings. The van der Waals surface area contributed by atoms with E-state index in [1.165, 1.54) is 12.3 Å². The third kappa shape index (κ3) is 5.55. The second-order valence-electron chi connectivity index (χ2n) is 5.91. The molecule has 6 nitrogen and oxygen atoms in total. The van der Waals surface area contributed by atoms with Crippen molar-refractivity contribution in [2.45, 2.75) is 6.92 Å². The Labute approximate surface area is 152 Å². The van der Waals surface area contributed by atoms with Gasteiger partial charge in [0.25, 0.3) is 11.8 Å². The van der Waals surface area contributed by atoms with Gasteiger partial charge in [0, 0.05) is 35.6 Å². The summed E-state index contributed by atoms with van der Waals surface area (Å²) in [6.07, 6.45) is 1.44. The number of anilines is 1. The van der Waals surface area contributed by atoms with Crippen LogP contribution in [-0.4, -0.2) is 48.9 Å². The van der Waals surface area contributed by atoms with Crippen LogP contribution in [0.1, 0.15) is 26.4 Å². The van der Waals surface area contributed by atoms with E-state index in [0.717, 1.165) is 12.1 Å². The highest BCUT2D eigenvalue weighted by Gasteiger charge is 2.12. The number of carbonyl (C=O) groups excluding carboxylic acids is 2. The van der Waals surface area contributed by atoms with Crippen LogP contribution >= 0.6 is 11.6 Å². The Morgan fingerprint density at radius 2 is 1.92 bits per heavy atom. The van der Waals surface area contributed by atoms with Gasteiger partial charge in [-0.15, -0.1) is 0 Å². The number of benzene rings is 1. The maximum atomic E-state index is 12.3. The monoisotopic (exact) mass is 360 g/mol. The molecule has 0 fully saturated rings. The van der Waals surface area contributed by atoms with Gasteiger partial charge in [0.1, 0.15) is 5.69 Å². The fourth-order valence-electron chi connectivity index (χ4n) is 2.06. The number of amides is 2. The first-order valence-corrected chi connectivity index (χ1v) is 8.21.